The summed E-state index contributed by atoms with van der Waals surface area (Å²) in [6.07, 6.45) is 1.26. The molecule has 3 heterocycles. The van der Waals surface area contributed by atoms with Crippen molar-refractivity contribution in [1.82, 2.24) is 19.8 Å². The van der Waals surface area contributed by atoms with Crippen LogP contribution in [-0.2, 0) is 6.54 Å². The molecule has 11 heteroatoms. The molecule has 6 nitrogen and oxygen atoms in total. The molecule has 4 rings (SSSR count). The number of hydrogen-bond acceptors (Lipinski definition) is 7. The van der Waals surface area contributed by atoms with Crippen LogP contribution in [-0.4, -0.2) is 64.5 Å². The number of halogens is 3. The van der Waals surface area contributed by atoms with Crippen LogP contribution in [0.1, 0.15) is 16.1 Å². The zero-order valence-electron chi connectivity index (χ0n) is 17.7. The van der Waals surface area contributed by atoms with Crippen molar-refractivity contribution in [3.63, 3.8) is 0 Å². The summed E-state index contributed by atoms with van der Waals surface area (Å²) >= 11 is 1.21. The van der Waals surface area contributed by atoms with Gasteiger partial charge in [0.15, 0.2) is 0 Å². The number of amides is 1. The van der Waals surface area contributed by atoms with Crippen molar-refractivity contribution >= 4 is 29.0 Å². The molecule has 1 fully saturated rings. The average Bonchev–Trinajstić information content (AvgIpc) is 3.27. The van der Waals surface area contributed by atoms with Gasteiger partial charge in [0.25, 0.3) is 5.91 Å². The van der Waals surface area contributed by atoms with Crippen LogP contribution in [0.5, 0.6) is 5.75 Å². The third-order valence-corrected chi connectivity index (χ3v) is 6.84. The summed E-state index contributed by atoms with van der Waals surface area (Å²) < 4.78 is 43.6. The molecule has 174 valence electrons. The molecule has 1 amide bonds. The van der Waals surface area contributed by atoms with Gasteiger partial charge in [-0.2, -0.15) is 13.2 Å². The number of thioether (sulfide) groups is 1. The molecule has 1 aliphatic rings. The minimum Gasteiger partial charge on any atom is -0.497 e. The molecule has 3 aromatic rings. The number of aromatic nitrogens is 2. The second-order valence-electron chi connectivity index (χ2n) is 7.34. The standard InChI is InChI=1S/C22H21F3N4O2S2/c1-31-17-6-4-15(5-7-17)19-27-16(14-32-19)13-28-9-11-29(12-10-28)21(30)18-3-2-8-26-20(18)33-22(23,24)25/h2-8,14H,9-13H2,1H3. The first-order chi connectivity index (χ1) is 15.8. The normalized spacial score (nSPS) is 15.0. The molecule has 2 aromatic heterocycles. The van der Waals surface area contributed by atoms with Gasteiger partial charge in [0.1, 0.15) is 15.8 Å². The summed E-state index contributed by atoms with van der Waals surface area (Å²) in [5.41, 5.74) is -2.55. The van der Waals surface area contributed by atoms with Crippen molar-refractivity contribution in [3.8, 4) is 16.3 Å². The van der Waals surface area contributed by atoms with E-state index < -0.39 is 11.4 Å². The van der Waals surface area contributed by atoms with Gasteiger partial charge in [-0.15, -0.1) is 11.3 Å². The van der Waals surface area contributed by atoms with Crippen molar-refractivity contribution in [2.45, 2.75) is 17.1 Å². The van der Waals surface area contributed by atoms with Gasteiger partial charge in [-0.05, 0) is 36.4 Å². The van der Waals surface area contributed by atoms with Crippen LogP contribution in [0.3, 0.4) is 0 Å². The number of carbonyl (C=O) groups is 1. The second kappa shape index (κ2) is 10.1. The number of piperazine rings is 1. The van der Waals surface area contributed by atoms with Crippen molar-refractivity contribution < 1.29 is 22.7 Å². The highest BCUT2D eigenvalue weighted by atomic mass is 32.2. The number of carbonyl (C=O) groups excluding carboxylic acids is 1. The molecule has 0 unspecified atom stereocenters. The fourth-order valence-electron chi connectivity index (χ4n) is 3.50. The van der Waals surface area contributed by atoms with Crippen molar-refractivity contribution in [2.24, 2.45) is 0 Å². The molecular formula is C22H21F3N4O2S2. The molecule has 1 aromatic carbocycles. The van der Waals surface area contributed by atoms with Gasteiger partial charge in [0, 0.05) is 61.6 Å². The van der Waals surface area contributed by atoms with Gasteiger partial charge in [0.2, 0.25) is 0 Å². The first kappa shape index (κ1) is 23.5. The Bertz CT molecular complexity index is 1100. The van der Waals surface area contributed by atoms with E-state index >= 15 is 0 Å². The van der Waals surface area contributed by atoms with Gasteiger partial charge in [-0.1, -0.05) is 0 Å². The van der Waals surface area contributed by atoms with Crippen LogP contribution in [0.2, 0.25) is 0 Å². The number of alkyl halides is 3. The summed E-state index contributed by atoms with van der Waals surface area (Å²) in [5.74, 6) is 0.364. The predicted molar refractivity (Wildman–Crippen MR) is 121 cm³/mol. The SMILES string of the molecule is COc1ccc(-c2nc(CN3CCN(C(=O)c4cccnc4SC(F)(F)F)CC3)cs2)cc1. The first-order valence-corrected chi connectivity index (χ1v) is 11.8. The zero-order valence-corrected chi connectivity index (χ0v) is 19.3. The number of hydrogen-bond donors (Lipinski definition) is 0. The highest BCUT2D eigenvalue weighted by molar-refractivity contribution is 8.00. The number of pyridine rings is 1. The minimum atomic E-state index is -4.50. The summed E-state index contributed by atoms with van der Waals surface area (Å²) in [4.78, 5) is 25.1. The Hall–Kier alpha value is -2.63. The lowest BCUT2D eigenvalue weighted by atomic mass is 10.2. The predicted octanol–water partition coefficient (Wildman–Crippen LogP) is 4.78. The summed E-state index contributed by atoms with van der Waals surface area (Å²) in [6, 6.07) is 10.6. The molecule has 0 radical (unpaired) electrons. The average molecular weight is 495 g/mol. The Morgan fingerprint density at radius 3 is 2.55 bits per heavy atom. The van der Waals surface area contributed by atoms with Gasteiger partial charge in [0.05, 0.1) is 18.4 Å². The van der Waals surface area contributed by atoms with Gasteiger partial charge < -0.3 is 9.64 Å². The van der Waals surface area contributed by atoms with Gasteiger partial charge >= 0.3 is 5.51 Å². The second-order valence-corrected chi connectivity index (χ2v) is 9.26. The third kappa shape index (κ3) is 6.04. The maximum absolute atomic E-state index is 12.8. The lowest BCUT2D eigenvalue weighted by Gasteiger charge is -2.34. The van der Waals surface area contributed by atoms with Crippen LogP contribution >= 0.6 is 23.1 Å². The monoisotopic (exact) mass is 494 g/mol. The van der Waals surface area contributed by atoms with E-state index in [1.54, 1.807) is 23.3 Å². The topological polar surface area (TPSA) is 58.6 Å². The van der Waals surface area contributed by atoms with Gasteiger partial charge in [-0.25, -0.2) is 9.97 Å². The Morgan fingerprint density at radius 1 is 1.15 bits per heavy atom. The number of rotatable bonds is 6. The van der Waals surface area contributed by atoms with E-state index in [2.05, 4.69) is 9.88 Å². The van der Waals surface area contributed by atoms with Crippen LogP contribution in [0.25, 0.3) is 10.6 Å². The van der Waals surface area contributed by atoms with Crippen LogP contribution < -0.4 is 4.74 Å². The molecule has 0 bridgehead atoms. The van der Waals surface area contributed by atoms with E-state index in [4.69, 9.17) is 9.72 Å². The maximum Gasteiger partial charge on any atom is 0.447 e. The van der Waals surface area contributed by atoms with E-state index in [1.165, 1.54) is 18.3 Å². The molecule has 0 N–H and O–H groups in total. The molecule has 0 spiro atoms. The molecule has 33 heavy (non-hydrogen) atoms. The van der Waals surface area contributed by atoms with Gasteiger partial charge in [-0.3, -0.25) is 9.69 Å². The third-order valence-electron chi connectivity index (χ3n) is 5.15. The van der Waals surface area contributed by atoms with Crippen molar-refractivity contribution in [1.29, 1.82) is 0 Å². The molecular weight excluding hydrogens is 473 g/mol. The van der Waals surface area contributed by atoms with E-state index in [-0.39, 0.29) is 22.4 Å². The Kier molecular flexibility index (Phi) is 7.20. The molecule has 1 aliphatic heterocycles. The fourth-order valence-corrected chi connectivity index (χ4v) is 4.91. The number of benzene rings is 1. The minimum absolute atomic E-state index is 0.0168. The summed E-state index contributed by atoms with van der Waals surface area (Å²) in [7, 11) is 1.63. The quantitative estimate of drug-likeness (QED) is 0.460. The molecule has 0 aliphatic carbocycles. The summed E-state index contributed by atoms with van der Waals surface area (Å²) in [5, 5.41) is 2.63. The lowest BCUT2D eigenvalue weighted by Crippen LogP contribution is -2.48. The van der Waals surface area contributed by atoms with Crippen LogP contribution in [0.4, 0.5) is 13.2 Å². The fraction of sp³-hybridized carbons (Fsp3) is 0.318. The van der Waals surface area contributed by atoms with E-state index in [9.17, 15) is 18.0 Å². The zero-order chi connectivity index (χ0) is 23.4. The number of nitrogens with zero attached hydrogens (tertiary/aromatic N) is 4. The van der Waals surface area contributed by atoms with Crippen molar-refractivity contribution in [2.75, 3.05) is 33.3 Å². The molecule has 0 saturated carbocycles. The Labute approximate surface area is 197 Å². The molecule has 0 atom stereocenters. The molecule has 1 saturated heterocycles. The van der Waals surface area contributed by atoms with Crippen LogP contribution in [0, 0.1) is 0 Å². The smallest absolute Gasteiger partial charge is 0.447 e. The number of ether oxygens (including phenoxy) is 1. The van der Waals surface area contributed by atoms with E-state index in [1.807, 2.05) is 29.6 Å². The maximum atomic E-state index is 12.8. The lowest BCUT2D eigenvalue weighted by molar-refractivity contribution is -0.0329. The van der Waals surface area contributed by atoms with Crippen molar-refractivity contribution in [3.05, 3.63) is 59.2 Å². The highest BCUT2D eigenvalue weighted by Gasteiger charge is 2.33. The Balaban J connectivity index is 1.34. The largest absolute Gasteiger partial charge is 0.497 e. The number of thiazole rings is 1. The number of methoxy groups -OCH3 is 1. The van der Waals surface area contributed by atoms with E-state index in [0.717, 1.165) is 22.0 Å². The van der Waals surface area contributed by atoms with Crippen LogP contribution in [0.15, 0.2) is 53.0 Å². The highest BCUT2D eigenvalue weighted by Crippen LogP contribution is 2.37. The summed E-state index contributed by atoms with van der Waals surface area (Å²) in [6.45, 7) is 2.74. The first-order valence-electron chi connectivity index (χ1n) is 10.1. The van der Waals surface area contributed by atoms with E-state index in [0.29, 0.717) is 32.7 Å². The Morgan fingerprint density at radius 2 is 1.88 bits per heavy atom.